The molecule has 0 aliphatic heterocycles. The summed E-state index contributed by atoms with van der Waals surface area (Å²) in [7, 11) is 0. The number of aromatic nitrogens is 1. The number of fused-ring (bicyclic) bond motifs is 1. The van der Waals surface area contributed by atoms with Gasteiger partial charge in [-0.25, -0.2) is 4.98 Å². The number of hydrogen-bond donors (Lipinski definition) is 1. The van der Waals surface area contributed by atoms with E-state index < -0.39 is 0 Å². The molecule has 0 spiro atoms. The Labute approximate surface area is 128 Å². The summed E-state index contributed by atoms with van der Waals surface area (Å²) in [5.41, 5.74) is 2.32. The molecule has 0 saturated heterocycles. The van der Waals surface area contributed by atoms with Crippen LogP contribution in [0.4, 0.5) is 5.82 Å². The summed E-state index contributed by atoms with van der Waals surface area (Å²) in [5.74, 6) is 2.91. The van der Waals surface area contributed by atoms with E-state index in [9.17, 15) is 0 Å². The van der Waals surface area contributed by atoms with Crippen molar-refractivity contribution < 1.29 is 0 Å². The zero-order valence-corrected chi connectivity index (χ0v) is 13.2. The Kier molecular flexibility index (Phi) is 4.42. The van der Waals surface area contributed by atoms with E-state index in [0.29, 0.717) is 0 Å². The van der Waals surface area contributed by atoms with Crippen LogP contribution in [-0.2, 0) is 0 Å². The fourth-order valence-electron chi connectivity index (χ4n) is 3.41. The van der Waals surface area contributed by atoms with Crippen molar-refractivity contribution in [3.8, 4) is 0 Å². The van der Waals surface area contributed by atoms with Crippen molar-refractivity contribution in [2.45, 2.75) is 46.0 Å². The third kappa shape index (κ3) is 3.55. The Morgan fingerprint density at radius 3 is 2.71 bits per heavy atom. The van der Waals surface area contributed by atoms with Gasteiger partial charge in [-0.3, -0.25) is 0 Å². The molecule has 2 heteroatoms. The van der Waals surface area contributed by atoms with E-state index in [1.807, 2.05) is 0 Å². The average Bonchev–Trinajstić information content (AvgIpc) is 2.50. The van der Waals surface area contributed by atoms with Crippen LogP contribution in [0.5, 0.6) is 0 Å². The molecule has 0 unspecified atom stereocenters. The fraction of sp³-hybridized carbons (Fsp3) is 0.526. The summed E-state index contributed by atoms with van der Waals surface area (Å²) in [4.78, 5) is 4.76. The van der Waals surface area contributed by atoms with E-state index in [2.05, 4.69) is 49.5 Å². The molecule has 1 heterocycles. The fourth-order valence-corrected chi connectivity index (χ4v) is 3.41. The first kappa shape index (κ1) is 14.4. The van der Waals surface area contributed by atoms with Gasteiger partial charge in [0, 0.05) is 11.9 Å². The van der Waals surface area contributed by atoms with Gasteiger partial charge in [-0.05, 0) is 42.9 Å². The molecule has 3 rings (SSSR count). The van der Waals surface area contributed by atoms with Crippen LogP contribution in [0.2, 0.25) is 0 Å². The zero-order chi connectivity index (χ0) is 14.7. The summed E-state index contributed by atoms with van der Waals surface area (Å²) < 4.78 is 0. The van der Waals surface area contributed by atoms with Gasteiger partial charge in [0.25, 0.3) is 0 Å². The molecular weight excluding hydrogens is 256 g/mol. The lowest BCUT2D eigenvalue weighted by atomic mass is 9.81. The number of benzene rings is 1. The van der Waals surface area contributed by atoms with E-state index in [1.165, 1.54) is 43.1 Å². The molecule has 1 fully saturated rings. The van der Waals surface area contributed by atoms with E-state index >= 15 is 0 Å². The number of anilines is 1. The van der Waals surface area contributed by atoms with Gasteiger partial charge in [-0.2, -0.15) is 0 Å². The molecular formula is C19H26N2. The lowest BCUT2D eigenvalue weighted by Gasteiger charge is -2.26. The maximum Gasteiger partial charge on any atom is 0.129 e. The van der Waals surface area contributed by atoms with Crippen LogP contribution in [0, 0.1) is 18.8 Å². The third-order valence-corrected chi connectivity index (χ3v) is 4.89. The van der Waals surface area contributed by atoms with Crippen molar-refractivity contribution in [3.05, 3.63) is 35.9 Å². The van der Waals surface area contributed by atoms with Gasteiger partial charge in [-0.1, -0.05) is 50.8 Å². The molecule has 2 aromatic rings. The standard InChI is InChI=1S/C19H26N2/c1-14-7-9-16(10-8-14)11-12-20-19-15(2)13-17-5-3-4-6-18(17)21-19/h3-6,13-14,16H,7-12H2,1-2H3,(H,20,21). The smallest absolute Gasteiger partial charge is 0.129 e. The molecule has 112 valence electrons. The van der Waals surface area contributed by atoms with Crippen LogP contribution in [0.25, 0.3) is 10.9 Å². The van der Waals surface area contributed by atoms with Gasteiger partial charge in [0.15, 0.2) is 0 Å². The van der Waals surface area contributed by atoms with E-state index in [0.717, 1.165) is 29.7 Å². The lowest BCUT2D eigenvalue weighted by molar-refractivity contribution is 0.282. The predicted octanol–water partition coefficient (Wildman–Crippen LogP) is 5.17. The molecule has 2 nitrogen and oxygen atoms in total. The molecule has 1 saturated carbocycles. The summed E-state index contributed by atoms with van der Waals surface area (Å²) in [6.07, 6.45) is 6.93. The number of rotatable bonds is 4. The highest BCUT2D eigenvalue weighted by Gasteiger charge is 2.17. The molecule has 0 bridgehead atoms. The molecule has 1 aromatic carbocycles. The minimum absolute atomic E-state index is 0.912. The monoisotopic (exact) mass is 282 g/mol. The van der Waals surface area contributed by atoms with Crippen molar-refractivity contribution in [2.75, 3.05) is 11.9 Å². The Morgan fingerprint density at radius 2 is 1.90 bits per heavy atom. The largest absolute Gasteiger partial charge is 0.370 e. The molecule has 1 aliphatic carbocycles. The Morgan fingerprint density at radius 1 is 1.14 bits per heavy atom. The van der Waals surface area contributed by atoms with Crippen molar-refractivity contribution in [2.24, 2.45) is 11.8 Å². The molecule has 0 amide bonds. The Hall–Kier alpha value is -1.57. The third-order valence-electron chi connectivity index (χ3n) is 4.89. The van der Waals surface area contributed by atoms with Crippen LogP contribution >= 0.6 is 0 Å². The maximum atomic E-state index is 4.76. The van der Waals surface area contributed by atoms with Crippen LogP contribution in [-0.4, -0.2) is 11.5 Å². The first-order chi connectivity index (χ1) is 10.2. The summed E-state index contributed by atoms with van der Waals surface area (Å²) in [5, 5.41) is 4.78. The second-order valence-corrected chi connectivity index (χ2v) is 6.69. The normalized spacial score (nSPS) is 22.4. The minimum Gasteiger partial charge on any atom is -0.370 e. The van der Waals surface area contributed by atoms with E-state index in [-0.39, 0.29) is 0 Å². The summed E-state index contributed by atoms with van der Waals surface area (Å²) in [6.45, 7) is 5.58. The first-order valence-electron chi connectivity index (χ1n) is 8.32. The highest BCUT2D eigenvalue weighted by molar-refractivity contribution is 5.81. The van der Waals surface area contributed by atoms with Gasteiger partial charge >= 0.3 is 0 Å². The Balaban J connectivity index is 1.59. The SMILES string of the molecule is Cc1cc2ccccc2nc1NCCC1CCC(C)CC1. The molecule has 1 aromatic heterocycles. The number of pyridine rings is 1. The Bertz CT molecular complexity index is 598. The number of para-hydroxylation sites is 1. The van der Waals surface area contributed by atoms with Crippen molar-refractivity contribution in [3.63, 3.8) is 0 Å². The maximum absolute atomic E-state index is 4.76. The van der Waals surface area contributed by atoms with Gasteiger partial charge in [0.05, 0.1) is 5.52 Å². The number of aryl methyl sites for hydroxylation is 1. The average molecular weight is 282 g/mol. The van der Waals surface area contributed by atoms with Gasteiger partial charge in [-0.15, -0.1) is 0 Å². The second-order valence-electron chi connectivity index (χ2n) is 6.69. The molecule has 1 N–H and O–H groups in total. The number of nitrogens with one attached hydrogen (secondary N) is 1. The van der Waals surface area contributed by atoms with Gasteiger partial charge < -0.3 is 5.32 Å². The molecule has 0 atom stereocenters. The van der Waals surface area contributed by atoms with Crippen LogP contribution in [0.15, 0.2) is 30.3 Å². The van der Waals surface area contributed by atoms with Crippen LogP contribution in [0.1, 0.15) is 44.6 Å². The summed E-state index contributed by atoms with van der Waals surface area (Å²) in [6, 6.07) is 10.6. The van der Waals surface area contributed by atoms with Crippen molar-refractivity contribution in [1.29, 1.82) is 0 Å². The molecule has 1 aliphatic rings. The lowest BCUT2D eigenvalue weighted by Crippen LogP contribution is -2.16. The molecule has 0 radical (unpaired) electrons. The zero-order valence-electron chi connectivity index (χ0n) is 13.2. The quantitative estimate of drug-likeness (QED) is 0.836. The minimum atomic E-state index is 0.912. The first-order valence-corrected chi connectivity index (χ1v) is 8.32. The van der Waals surface area contributed by atoms with E-state index in [4.69, 9.17) is 4.98 Å². The van der Waals surface area contributed by atoms with Crippen molar-refractivity contribution >= 4 is 16.7 Å². The number of hydrogen-bond acceptors (Lipinski definition) is 2. The number of nitrogens with zero attached hydrogens (tertiary/aromatic N) is 1. The van der Waals surface area contributed by atoms with E-state index in [1.54, 1.807) is 0 Å². The van der Waals surface area contributed by atoms with Crippen molar-refractivity contribution in [1.82, 2.24) is 4.98 Å². The highest BCUT2D eigenvalue weighted by atomic mass is 15.0. The predicted molar refractivity (Wildman–Crippen MR) is 90.7 cm³/mol. The highest BCUT2D eigenvalue weighted by Crippen LogP contribution is 2.30. The van der Waals surface area contributed by atoms with Gasteiger partial charge in [0.2, 0.25) is 0 Å². The summed E-state index contributed by atoms with van der Waals surface area (Å²) >= 11 is 0. The second kappa shape index (κ2) is 6.46. The van der Waals surface area contributed by atoms with Crippen LogP contribution < -0.4 is 5.32 Å². The van der Waals surface area contributed by atoms with Gasteiger partial charge in [0.1, 0.15) is 5.82 Å². The topological polar surface area (TPSA) is 24.9 Å². The molecule has 21 heavy (non-hydrogen) atoms. The van der Waals surface area contributed by atoms with Crippen LogP contribution in [0.3, 0.4) is 0 Å².